The minimum absolute atomic E-state index is 0.0114. The molecule has 1 aromatic heterocycles. The molecule has 3 aromatic carbocycles. The fourth-order valence-electron chi connectivity index (χ4n) is 3.97. The van der Waals surface area contributed by atoms with Gasteiger partial charge in [-0.25, -0.2) is 9.48 Å². The van der Waals surface area contributed by atoms with E-state index < -0.39 is 18.5 Å². The van der Waals surface area contributed by atoms with E-state index in [0.29, 0.717) is 10.8 Å². The van der Waals surface area contributed by atoms with Gasteiger partial charge in [0.05, 0.1) is 11.9 Å². The molecular formula is C28H27N3O4. The van der Waals surface area contributed by atoms with Crippen molar-refractivity contribution in [1.82, 2.24) is 9.78 Å². The highest BCUT2D eigenvalue weighted by Crippen LogP contribution is 2.27. The molecule has 7 nitrogen and oxygen atoms in total. The summed E-state index contributed by atoms with van der Waals surface area (Å²) in [6.45, 7) is 5.74. The number of rotatable bonds is 7. The first-order chi connectivity index (χ1) is 16.8. The molecule has 0 aliphatic carbocycles. The van der Waals surface area contributed by atoms with Crippen molar-refractivity contribution < 1.29 is 14.3 Å². The van der Waals surface area contributed by atoms with Gasteiger partial charge in [0, 0.05) is 11.1 Å². The molecule has 0 spiro atoms. The van der Waals surface area contributed by atoms with E-state index >= 15 is 0 Å². The van der Waals surface area contributed by atoms with Crippen LogP contribution in [-0.4, -0.2) is 28.3 Å². The lowest BCUT2D eigenvalue weighted by atomic mass is 9.98. The summed E-state index contributed by atoms with van der Waals surface area (Å²) in [5.74, 6) is -1.00. The zero-order chi connectivity index (χ0) is 24.9. The minimum atomic E-state index is -0.771. The molecule has 1 N–H and O–H groups in total. The normalized spacial score (nSPS) is 11.0. The number of nitrogens with one attached hydrogen (secondary N) is 1. The molecule has 0 aliphatic rings. The van der Waals surface area contributed by atoms with Crippen molar-refractivity contribution in [2.24, 2.45) is 0 Å². The second-order valence-corrected chi connectivity index (χ2v) is 8.66. The van der Waals surface area contributed by atoms with Gasteiger partial charge in [0.25, 0.3) is 11.5 Å². The predicted molar refractivity (Wildman–Crippen MR) is 136 cm³/mol. The second kappa shape index (κ2) is 10.3. The molecule has 1 amide bonds. The summed E-state index contributed by atoms with van der Waals surface area (Å²) < 4.78 is 6.57. The molecule has 35 heavy (non-hydrogen) atoms. The number of amides is 1. The first-order valence-corrected chi connectivity index (χ1v) is 11.5. The van der Waals surface area contributed by atoms with E-state index in [0.717, 1.165) is 22.4 Å². The molecule has 4 aromatic rings. The molecule has 0 saturated carbocycles. The lowest BCUT2D eigenvalue weighted by molar-refractivity contribution is -0.119. The van der Waals surface area contributed by atoms with Crippen LogP contribution in [0.4, 0.5) is 5.69 Å². The number of aromatic nitrogens is 2. The summed E-state index contributed by atoms with van der Waals surface area (Å²) in [5, 5.41) is 7.91. The van der Waals surface area contributed by atoms with Crippen LogP contribution in [0.1, 0.15) is 46.9 Å². The first-order valence-electron chi connectivity index (χ1n) is 11.5. The van der Waals surface area contributed by atoms with Crippen LogP contribution in [-0.2, 0) is 16.1 Å². The van der Waals surface area contributed by atoms with Crippen LogP contribution in [0.5, 0.6) is 0 Å². The van der Waals surface area contributed by atoms with Gasteiger partial charge in [-0.05, 0) is 35.6 Å². The number of benzene rings is 3. The maximum Gasteiger partial charge on any atom is 0.359 e. The van der Waals surface area contributed by atoms with Crippen molar-refractivity contribution in [3.63, 3.8) is 0 Å². The Morgan fingerprint density at radius 3 is 2.34 bits per heavy atom. The largest absolute Gasteiger partial charge is 0.451 e. The van der Waals surface area contributed by atoms with Crippen molar-refractivity contribution in [2.45, 2.75) is 33.2 Å². The number of ether oxygens (including phenoxy) is 1. The van der Waals surface area contributed by atoms with E-state index in [9.17, 15) is 14.4 Å². The summed E-state index contributed by atoms with van der Waals surface area (Å²) in [5.41, 5.74) is 3.21. The highest BCUT2D eigenvalue weighted by atomic mass is 16.5. The fraction of sp³-hybridized carbons (Fsp3) is 0.214. The Labute approximate surface area is 203 Å². The number of fused-ring (bicyclic) bond motifs is 1. The molecule has 0 radical (unpaired) electrons. The number of hydrogen-bond acceptors (Lipinski definition) is 5. The zero-order valence-electron chi connectivity index (χ0n) is 19.9. The van der Waals surface area contributed by atoms with Crippen LogP contribution >= 0.6 is 0 Å². The number of aryl methyl sites for hydroxylation is 1. The van der Waals surface area contributed by atoms with E-state index in [1.165, 1.54) is 4.68 Å². The summed E-state index contributed by atoms with van der Waals surface area (Å²) in [6.07, 6.45) is 0. The first kappa shape index (κ1) is 23.9. The topological polar surface area (TPSA) is 90.3 Å². The average molecular weight is 470 g/mol. The van der Waals surface area contributed by atoms with Crippen LogP contribution in [0.2, 0.25) is 0 Å². The number of hydrogen-bond donors (Lipinski definition) is 1. The molecule has 0 atom stereocenters. The van der Waals surface area contributed by atoms with Crippen molar-refractivity contribution in [1.29, 1.82) is 0 Å². The molecule has 7 heteroatoms. The lowest BCUT2D eigenvalue weighted by Gasteiger charge is -2.16. The smallest absolute Gasteiger partial charge is 0.359 e. The lowest BCUT2D eigenvalue weighted by Crippen LogP contribution is -2.28. The maximum atomic E-state index is 13.0. The van der Waals surface area contributed by atoms with Gasteiger partial charge in [0.1, 0.15) is 0 Å². The van der Waals surface area contributed by atoms with E-state index in [4.69, 9.17) is 4.74 Å². The van der Waals surface area contributed by atoms with Crippen LogP contribution in [0.3, 0.4) is 0 Å². The molecule has 1 heterocycles. The highest BCUT2D eigenvalue weighted by Gasteiger charge is 2.20. The summed E-state index contributed by atoms with van der Waals surface area (Å²) in [6, 6.07) is 22.0. The number of nitrogens with zero attached hydrogens (tertiary/aromatic N) is 2. The molecule has 0 unspecified atom stereocenters. The predicted octanol–water partition coefficient (Wildman–Crippen LogP) is 4.67. The number of anilines is 1. The number of carbonyl (C=O) groups is 2. The van der Waals surface area contributed by atoms with E-state index in [1.54, 1.807) is 24.3 Å². The molecule has 178 valence electrons. The Hall–Kier alpha value is -4.26. The van der Waals surface area contributed by atoms with Crippen LogP contribution in [0.15, 0.2) is 77.6 Å². The Bertz CT molecular complexity index is 1440. The Morgan fingerprint density at radius 1 is 0.943 bits per heavy atom. The zero-order valence-corrected chi connectivity index (χ0v) is 19.9. The monoisotopic (exact) mass is 469 g/mol. The van der Waals surface area contributed by atoms with Gasteiger partial charge < -0.3 is 10.1 Å². The van der Waals surface area contributed by atoms with Crippen molar-refractivity contribution in [2.75, 3.05) is 11.9 Å². The third-order valence-electron chi connectivity index (χ3n) is 5.76. The van der Waals surface area contributed by atoms with Crippen LogP contribution < -0.4 is 10.9 Å². The fourth-order valence-corrected chi connectivity index (χ4v) is 3.97. The Kier molecular flexibility index (Phi) is 7.06. The molecule has 0 aliphatic heterocycles. The van der Waals surface area contributed by atoms with Gasteiger partial charge in [0.2, 0.25) is 0 Å². The number of carbonyl (C=O) groups excluding carboxylic acids is 2. The van der Waals surface area contributed by atoms with E-state index in [-0.39, 0.29) is 23.7 Å². The van der Waals surface area contributed by atoms with Crippen molar-refractivity contribution >= 4 is 28.3 Å². The molecular weight excluding hydrogens is 442 g/mol. The number of para-hydroxylation sites is 1. The SMILES string of the molecule is Cc1cccc(C(C)C)c1NC(=O)COC(=O)c1nn(Cc2ccccc2)c(=O)c2ccccc12. The Morgan fingerprint density at radius 2 is 1.63 bits per heavy atom. The minimum Gasteiger partial charge on any atom is -0.451 e. The van der Waals surface area contributed by atoms with Gasteiger partial charge in [-0.2, -0.15) is 5.10 Å². The summed E-state index contributed by atoms with van der Waals surface area (Å²) in [4.78, 5) is 38.6. The van der Waals surface area contributed by atoms with Crippen molar-refractivity contribution in [3.05, 3.63) is 106 Å². The molecule has 0 fully saturated rings. The highest BCUT2D eigenvalue weighted by molar-refractivity contribution is 6.03. The van der Waals surface area contributed by atoms with Gasteiger partial charge in [0.15, 0.2) is 12.3 Å². The van der Waals surface area contributed by atoms with E-state index in [2.05, 4.69) is 10.4 Å². The van der Waals surface area contributed by atoms with Gasteiger partial charge in [-0.3, -0.25) is 9.59 Å². The van der Waals surface area contributed by atoms with E-state index in [1.807, 2.05) is 69.3 Å². The average Bonchev–Trinajstić information content (AvgIpc) is 2.86. The van der Waals surface area contributed by atoms with Gasteiger partial charge in [-0.15, -0.1) is 0 Å². The second-order valence-electron chi connectivity index (χ2n) is 8.66. The summed E-state index contributed by atoms with van der Waals surface area (Å²) in [7, 11) is 0. The molecule has 0 bridgehead atoms. The summed E-state index contributed by atoms with van der Waals surface area (Å²) >= 11 is 0. The standard InChI is InChI=1S/C28H27N3O4/c1-18(2)21-15-9-10-19(3)25(21)29-24(32)17-35-28(34)26-22-13-7-8-14-23(22)27(33)31(30-26)16-20-11-5-4-6-12-20/h4-15,18H,16-17H2,1-3H3,(H,29,32). The third kappa shape index (κ3) is 5.30. The number of esters is 1. The quantitative estimate of drug-likeness (QED) is 0.397. The third-order valence-corrected chi connectivity index (χ3v) is 5.76. The van der Waals surface area contributed by atoms with Gasteiger partial charge in [-0.1, -0.05) is 80.6 Å². The Balaban J connectivity index is 1.57. The van der Waals surface area contributed by atoms with Crippen LogP contribution in [0.25, 0.3) is 10.8 Å². The van der Waals surface area contributed by atoms with Gasteiger partial charge >= 0.3 is 5.97 Å². The molecule has 0 saturated heterocycles. The van der Waals surface area contributed by atoms with Crippen LogP contribution in [0, 0.1) is 6.92 Å². The maximum absolute atomic E-state index is 13.0. The van der Waals surface area contributed by atoms with Crippen molar-refractivity contribution in [3.8, 4) is 0 Å². The molecule has 4 rings (SSSR count).